The highest BCUT2D eigenvalue weighted by Crippen LogP contribution is 2.27. The molecule has 2 aromatic rings. The molecule has 148 valence electrons. The lowest BCUT2D eigenvalue weighted by molar-refractivity contribution is 0.0563. The molecular weight excluding hydrogens is 384 g/mol. The van der Waals surface area contributed by atoms with Crippen molar-refractivity contribution in [2.75, 3.05) is 38.2 Å². The molecule has 0 aliphatic carbocycles. The van der Waals surface area contributed by atoms with Gasteiger partial charge >= 0.3 is 5.97 Å². The zero-order valence-corrected chi connectivity index (χ0v) is 16.4. The minimum atomic E-state index is -3.80. The molecule has 1 aliphatic heterocycles. The molecule has 10 heteroatoms. The summed E-state index contributed by atoms with van der Waals surface area (Å²) in [7, 11) is -2.59. The van der Waals surface area contributed by atoms with E-state index in [4.69, 9.17) is 9.68 Å². The second-order valence-corrected chi connectivity index (χ2v) is 8.05. The maximum atomic E-state index is 13.1. The number of carbonyl (C=O) groups excluding carboxylic acids is 1. The molecule has 0 bridgehead atoms. The largest absolute Gasteiger partial charge is 0.463 e. The van der Waals surface area contributed by atoms with Crippen molar-refractivity contribution < 1.29 is 22.4 Å². The third-order valence-electron chi connectivity index (χ3n) is 4.56. The van der Waals surface area contributed by atoms with Crippen molar-refractivity contribution in [3.8, 4) is 6.07 Å². The smallest absolute Gasteiger partial charge is 0.373 e. The molecule has 0 aromatic carbocycles. The number of hydrogen-bond acceptors (Lipinski definition) is 8. The van der Waals surface area contributed by atoms with Crippen molar-refractivity contribution in [1.82, 2.24) is 9.29 Å². The molecule has 3 rings (SSSR count). The summed E-state index contributed by atoms with van der Waals surface area (Å²) >= 11 is 0. The van der Waals surface area contributed by atoms with E-state index in [1.54, 1.807) is 25.3 Å². The number of anilines is 1. The van der Waals surface area contributed by atoms with Crippen LogP contribution in [-0.4, -0.2) is 57.0 Å². The van der Waals surface area contributed by atoms with Crippen LogP contribution in [0.1, 0.15) is 28.9 Å². The quantitative estimate of drug-likeness (QED) is 0.687. The van der Waals surface area contributed by atoms with Gasteiger partial charge in [-0.3, -0.25) is 0 Å². The van der Waals surface area contributed by atoms with Crippen molar-refractivity contribution in [2.45, 2.75) is 18.2 Å². The van der Waals surface area contributed by atoms with Crippen LogP contribution >= 0.6 is 0 Å². The van der Waals surface area contributed by atoms with Crippen LogP contribution in [0.15, 0.2) is 33.7 Å². The minimum Gasteiger partial charge on any atom is -0.463 e. The molecule has 28 heavy (non-hydrogen) atoms. The standard InChI is InChI=1S/C18H20N4O5S/c1-3-15-17(10-16(27-15)18(23)26-2)28(24,25)22-8-6-21(7-9-22)14-5-4-13(11-19)20-12-14/h4-5,10,12H,3,6-9H2,1-2H3. The zero-order chi connectivity index (χ0) is 20.3. The fraction of sp³-hybridized carbons (Fsp3) is 0.389. The van der Waals surface area contributed by atoms with Crippen LogP contribution in [0.5, 0.6) is 0 Å². The number of nitrogens with zero attached hydrogens (tertiary/aromatic N) is 4. The van der Waals surface area contributed by atoms with Crippen molar-refractivity contribution in [1.29, 1.82) is 5.26 Å². The summed E-state index contributed by atoms with van der Waals surface area (Å²) in [6.45, 7) is 3.29. The first-order valence-corrected chi connectivity index (χ1v) is 10.2. The predicted molar refractivity (Wildman–Crippen MR) is 99.3 cm³/mol. The predicted octanol–water partition coefficient (Wildman–Crippen LogP) is 1.41. The van der Waals surface area contributed by atoms with Crippen molar-refractivity contribution >= 4 is 21.7 Å². The lowest BCUT2D eigenvalue weighted by Gasteiger charge is -2.35. The van der Waals surface area contributed by atoms with Gasteiger partial charge in [-0.25, -0.2) is 18.2 Å². The van der Waals surface area contributed by atoms with Crippen LogP contribution in [-0.2, 0) is 21.2 Å². The maximum absolute atomic E-state index is 13.1. The number of esters is 1. The van der Waals surface area contributed by atoms with Gasteiger partial charge in [0.25, 0.3) is 0 Å². The normalized spacial score (nSPS) is 15.2. The van der Waals surface area contributed by atoms with Gasteiger partial charge in [0.1, 0.15) is 22.4 Å². The highest BCUT2D eigenvalue weighted by molar-refractivity contribution is 7.89. The maximum Gasteiger partial charge on any atom is 0.373 e. The van der Waals surface area contributed by atoms with Gasteiger partial charge in [-0.2, -0.15) is 9.57 Å². The van der Waals surface area contributed by atoms with E-state index >= 15 is 0 Å². The number of pyridine rings is 1. The van der Waals surface area contributed by atoms with E-state index in [0.717, 1.165) is 5.69 Å². The van der Waals surface area contributed by atoms with Gasteiger partial charge in [-0.1, -0.05) is 6.92 Å². The third kappa shape index (κ3) is 3.72. The second kappa shape index (κ2) is 8.00. The number of nitriles is 1. The van der Waals surface area contributed by atoms with E-state index in [9.17, 15) is 13.2 Å². The monoisotopic (exact) mass is 404 g/mol. The average Bonchev–Trinajstić information content (AvgIpc) is 3.19. The average molecular weight is 404 g/mol. The number of aryl methyl sites for hydroxylation is 1. The van der Waals surface area contributed by atoms with Crippen LogP contribution in [0.2, 0.25) is 0 Å². The van der Waals surface area contributed by atoms with Gasteiger partial charge in [-0.05, 0) is 12.1 Å². The Bertz CT molecular complexity index is 1000. The summed E-state index contributed by atoms with van der Waals surface area (Å²) in [5.41, 5.74) is 1.17. The molecule has 0 N–H and O–H groups in total. The van der Waals surface area contributed by atoms with E-state index in [1.807, 2.05) is 11.0 Å². The van der Waals surface area contributed by atoms with Crippen molar-refractivity contribution in [3.05, 3.63) is 41.6 Å². The molecule has 9 nitrogen and oxygen atoms in total. The summed E-state index contributed by atoms with van der Waals surface area (Å²) in [5, 5.41) is 8.83. The molecule has 0 atom stereocenters. The number of piperazine rings is 1. The number of carbonyl (C=O) groups is 1. The molecule has 3 heterocycles. The van der Waals surface area contributed by atoms with Gasteiger partial charge < -0.3 is 14.1 Å². The zero-order valence-electron chi connectivity index (χ0n) is 15.6. The van der Waals surface area contributed by atoms with Gasteiger partial charge in [-0.15, -0.1) is 0 Å². The third-order valence-corrected chi connectivity index (χ3v) is 6.51. The summed E-state index contributed by atoms with van der Waals surface area (Å²) in [6.07, 6.45) is 1.94. The van der Waals surface area contributed by atoms with E-state index < -0.39 is 16.0 Å². The van der Waals surface area contributed by atoms with Crippen LogP contribution in [0.25, 0.3) is 0 Å². The molecule has 1 saturated heterocycles. The number of hydrogen-bond donors (Lipinski definition) is 0. The van der Waals surface area contributed by atoms with Crippen LogP contribution < -0.4 is 4.90 Å². The molecule has 1 aliphatic rings. The van der Waals surface area contributed by atoms with Gasteiger partial charge in [0.15, 0.2) is 0 Å². The minimum absolute atomic E-state index is 0.00360. The lowest BCUT2D eigenvalue weighted by Crippen LogP contribution is -2.48. The topological polar surface area (TPSA) is 117 Å². The molecule has 0 saturated carbocycles. The summed E-state index contributed by atoms with van der Waals surface area (Å²) in [4.78, 5) is 17.7. The Morgan fingerprint density at radius 1 is 1.32 bits per heavy atom. The number of ether oxygens (including phenoxy) is 1. The fourth-order valence-corrected chi connectivity index (χ4v) is 4.69. The molecule has 0 radical (unpaired) electrons. The molecule has 1 fully saturated rings. The van der Waals surface area contributed by atoms with Crippen molar-refractivity contribution in [3.63, 3.8) is 0 Å². The highest BCUT2D eigenvalue weighted by Gasteiger charge is 2.33. The number of furan rings is 1. The summed E-state index contributed by atoms with van der Waals surface area (Å²) in [6, 6.07) is 6.63. The first-order valence-electron chi connectivity index (χ1n) is 8.73. The summed E-state index contributed by atoms with van der Waals surface area (Å²) < 4.78 is 37.5. The SMILES string of the molecule is CCc1oc(C(=O)OC)cc1S(=O)(=O)N1CCN(c2ccc(C#N)nc2)CC1. The van der Waals surface area contributed by atoms with E-state index in [2.05, 4.69) is 9.72 Å². The number of sulfonamides is 1. The Labute approximate surface area is 163 Å². The number of methoxy groups -OCH3 is 1. The van der Waals surface area contributed by atoms with Gasteiger partial charge in [0.05, 0.1) is 19.0 Å². The first-order chi connectivity index (χ1) is 13.4. The molecule has 2 aromatic heterocycles. The van der Waals surface area contributed by atoms with Gasteiger partial charge in [0, 0.05) is 38.7 Å². The van der Waals surface area contributed by atoms with Crippen LogP contribution in [0, 0.1) is 11.3 Å². The Morgan fingerprint density at radius 3 is 2.57 bits per heavy atom. The summed E-state index contributed by atoms with van der Waals surface area (Å²) in [5.74, 6) is -0.603. The Balaban J connectivity index is 1.77. The molecule has 0 unspecified atom stereocenters. The number of rotatable bonds is 5. The van der Waals surface area contributed by atoms with E-state index in [1.165, 1.54) is 17.5 Å². The van der Waals surface area contributed by atoms with Crippen LogP contribution in [0.3, 0.4) is 0 Å². The fourth-order valence-electron chi connectivity index (χ4n) is 3.04. The highest BCUT2D eigenvalue weighted by atomic mass is 32.2. The lowest BCUT2D eigenvalue weighted by atomic mass is 10.3. The Hall–Kier alpha value is -2.90. The molecular formula is C18H20N4O5S. The van der Waals surface area contributed by atoms with E-state index in [-0.39, 0.29) is 29.5 Å². The molecule has 0 amide bonds. The van der Waals surface area contributed by atoms with Crippen LogP contribution in [0.4, 0.5) is 5.69 Å². The molecule has 0 spiro atoms. The van der Waals surface area contributed by atoms with E-state index in [0.29, 0.717) is 25.2 Å². The first kappa shape index (κ1) is 19.9. The second-order valence-electron chi connectivity index (χ2n) is 6.15. The Morgan fingerprint density at radius 2 is 2.04 bits per heavy atom. The Kier molecular flexibility index (Phi) is 5.67. The number of aromatic nitrogens is 1. The van der Waals surface area contributed by atoms with Gasteiger partial charge in [0.2, 0.25) is 15.8 Å². The van der Waals surface area contributed by atoms with Crippen molar-refractivity contribution in [2.24, 2.45) is 0 Å².